The Balaban J connectivity index is 1.88. The van der Waals surface area contributed by atoms with Crippen LogP contribution in [0.1, 0.15) is 31.4 Å². The SMILES string of the molecule is CC(C)(CCc1ccccc1)NCc1ccc(Br)cc1F. The Morgan fingerprint density at radius 1 is 1.10 bits per heavy atom. The number of benzene rings is 2. The van der Waals surface area contributed by atoms with Crippen molar-refractivity contribution in [3.8, 4) is 0 Å². The predicted molar refractivity (Wildman–Crippen MR) is 89.8 cm³/mol. The van der Waals surface area contributed by atoms with E-state index in [-0.39, 0.29) is 11.4 Å². The minimum absolute atomic E-state index is 0.0324. The molecule has 1 N–H and O–H groups in total. The van der Waals surface area contributed by atoms with Crippen molar-refractivity contribution in [2.75, 3.05) is 0 Å². The van der Waals surface area contributed by atoms with Crippen LogP contribution in [0.25, 0.3) is 0 Å². The molecule has 0 saturated carbocycles. The van der Waals surface area contributed by atoms with Gasteiger partial charge in [0.15, 0.2) is 0 Å². The van der Waals surface area contributed by atoms with Gasteiger partial charge in [0.1, 0.15) is 5.82 Å². The molecule has 0 aliphatic heterocycles. The maximum atomic E-state index is 13.8. The molecule has 2 rings (SSSR count). The zero-order valence-corrected chi connectivity index (χ0v) is 14.1. The molecule has 21 heavy (non-hydrogen) atoms. The number of hydrogen-bond donors (Lipinski definition) is 1. The largest absolute Gasteiger partial charge is 0.308 e. The first kappa shape index (κ1) is 16.2. The van der Waals surface area contributed by atoms with Crippen LogP contribution in [0.5, 0.6) is 0 Å². The molecule has 3 heteroatoms. The van der Waals surface area contributed by atoms with E-state index >= 15 is 0 Å². The van der Waals surface area contributed by atoms with E-state index in [2.05, 4.69) is 59.4 Å². The highest BCUT2D eigenvalue weighted by Gasteiger charge is 2.17. The Morgan fingerprint density at radius 3 is 2.48 bits per heavy atom. The lowest BCUT2D eigenvalue weighted by molar-refractivity contribution is 0.357. The molecule has 0 aliphatic rings. The molecular formula is C18H21BrFN. The van der Waals surface area contributed by atoms with Gasteiger partial charge in [-0.2, -0.15) is 0 Å². The van der Waals surface area contributed by atoms with Crippen LogP contribution in [0.3, 0.4) is 0 Å². The second-order valence-electron chi connectivity index (χ2n) is 5.96. The third kappa shape index (κ3) is 5.25. The smallest absolute Gasteiger partial charge is 0.128 e. The van der Waals surface area contributed by atoms with Crippen molar-refractivity contribution >= 4 is 15.9 Å². The first-order valence-electron chi connectivity index (χ1n) is 7.19. The highest BCUT2D eigenvalue weighted by Crippen LogP contribution is 2.18. The second kappa shape index (κ2) is 7.19. The average Bonchev–Trinajstić information content (AvgIpc) is 2.45. The van der Waals surface area contributed by atoms with Crippen LogP contribution in [0.2, 0.25) is 0 Å². The molecule has 112 valence electrons. The monoisotopic (exact) mass is 349 g/mol. The number of aryl methyl sites for hydroxylation is 1. The van der Waals surface area contributed by atoms with Crippen molar-refractivity contribution in [2.45, 2.75) is 38.8 Å². The Kier molecular flexibility index (Phi) is 5.54. The molecule has 0 radical (unpaired) electrons. The van der Waals surface area contributed by atoms with Gasteiger partial charge in [-0.25, -0.2) is 4.39 Å². The van der Waals surface area contributed by atoms with Crippen LogP contribution in [0, 0.1) is 5.82 Å². The molecule has 2 aromatic rings. The summed E-state index contributed by atoms with van der Waals surface area (Å²) >= 11 is 3.28. The summed E-state index contributed by atoms with van der Waals surface area (Å²) in [7, 11) is 0. The fourth-order valence-electron chi connectivity index (χ4n) is 2.19. The van der Waals surface area contributed by atoms with Gasteiger partial charge in [0.05, 0.1) is 0 Å². The number of nitrogens with one attached hydrogen (secondary N) is 1. The van der Waals surface area contributed by atoms with E-state index in [0.29, 0.717) is 12.1 Å². The summed E-state index contributed by atoms with van der Waals surface area (Å²) in [5.74, 6) is -0.171. The lowest BCUT2D eigenvalue weighted by Crippen LogP contribution is -2.39. The zero-order valence-electron chi connectivity index (χ0n) is 12.5. The topological polar surface area (TPSA) is 12.0 Å². The van der Waals surface area contributed by atoms with Crippen molar-refractivity contribution in [1.82, 2.24) is 5.32 Å². The fraction of sp³-hybridized carbons (Fsp3) is 0.333. The van der Waals surface area contributed by atoms with Crippen LogP contribution < -0.4 is 5.32 Å². The van der Waals surface area contributed by atoms with Gasteiger partial charge in [-0.15, -0.1) is 0 Å². The van der Waals surface area contributed by atoms with Crippen molar-refractivity contribution < 1.29 is 4.39 Å². The minimum Gasteiger partial charge on any atom is -0.308 e. The van der Waals surface area contributed by atoms with E-state index < -0.39 is 0 Å². The van der Waals surface area contributed by atoms with Gasteiger partial charge in [0.2, 0.25) is 0 Å². The number of rotatable bonds is 6. The molecule has 0 spiro atoms. The molecule has 0 bridgehead atoms. The summed E-state index contributed by atoms with van der Waals surface area (Å²) in [5, 5.41) is 3.45. The fourth-order valence-corrected chi connectivity index (χ4v) is 2.52. The van der Waals surface area contributed by atoms with Crippen LogP contribution >= 0.6 is 15.9 Å². The molecule has 0 atom stereocenters. The lowest BCUT2D eigenvalue weighted by Gasteiger charge is -2.26. The Morgan fingerprint density at radius 2 is 1.81 bits per heavy atom. The van der Waals surface area contributed by atoms with E-state index in [1.54, 1.807) is 0 Å². The Labute approximate surface area is 134 Å². The zero-order chi connectivity index (χ0) is 15.3. The normalized spacial score (nSPS) is 11.6. The quantitative estimate of drug-likeness (QED) is 0.765. The molecule has 0 saturated heterocycles. The average molecular weight is 350 g/mol. The first-order valence-corrected chi connectivity index (χ1v) is 7.98. The van der Waals surface area contributed by atoms with Gasteiger partial charge in [-0.1, -0.05) is 52.3 Å². The van der Waals surface area contributed by atoms with Crippen molar-refractivity contribution in [3.05, 3.63) is 69.9 Å². The number of hydrogen-bond acceptors (Lipinski definition) is 1. The molecule has 2 aromatic carbocycles. The molecule has 1 nitrogen and oxygen atoms in total. The maximum absolute atomic E-state index is 13.8. The van der Waals surface area contributed by atoms with Gasteiger partial charge < -0.3 is 5.32 Å². The molecule has 0 amide bonds. The van der Waals surface area contributed by atoms with Crippen molar-refractivity contribution in [2.24, 2.45) is 0 Å². The van der Waals surface area contributed by atoms with Crippen LogP contribution in [0.15, 0.2) is 53.0 Å². The summed E-state index contributed by atoms with van der Waals surface area (Å²) in [6.45, 7) is 4.86. The highest BCUT2D eigenvalue weighted by molar-refractivity contribution is 9.10. The molecular weight excluding hydrogens is 329 g/mol. The first-order chi connectivity index (χ1) is 9.96. The second-order valence-corrected chi connectivity index (χ2v) is 6.87. The molecule has 0 heterocycles. The molecule has 0 aliphatic carbocycles. The van der Waals surface area contributed by atoms with Gasteiger partial charge in [0.25, 0.3) is 0 Å². The molecule has 0 fully saturated rings. The Hall–Kier alpha value is -1.19. The minimum atomic E-state index is -0.171. The van der Waals surface area contributed by atoms with Crippen LogP contribution in [-0.4, -0.2) is 5.54 Å². The van der Waals surface area contributed by atoms with Gasteiger partial charge in [-0.3, -0.25) is 0 Å². The molecule has 0 aromatic heterocycles. The third-order valence-electron chi connectivity index (χ3n) is 3.65. The summed E-state index contributed by atoms with van der Waals surface area (Å²) < 4.78 is 14.6. The van der Waals surface area contributed by atoms with E-state index in [1.807, 2.05) is 18.2 Å². The maximum Gasteiger partial charge on any atom is 0.128 e. The van der Waals surface area contributed by atoms with E-state index in [4.69, 9.17) is 0 Å². The number of halogens is 2. The predicted octanol–water partition coefficient (Wildman–Crippen LogP) is 5.09. The summed E-state index contributed by atoms with van der Waals surface area (Å²) in [6, 6.07) is 15.6. The van der Waals surface area contributed by atoms with E-state index in [1.165, 1.54) is 11.6 Å². The van der Waals surface area contributed by atoms with Crippen LogP contribution in [0.4, 0.5) is 4.39 Å². The van der Waals surface area contributed by atoms with Crippen molar-refractivity contribution in [1.29, 1.82) is 0 Å². The Bertz CT molecular complexity index is 581. The van der Waals surface area contributed by atoms with Crippen molar-refractivity contribution in [3.63, 3.8) is 0 Å². The van der Waals surface area contributed by atoms with Gasteiger partial charge >= 0.3 is 0 Å². The summed E-state index contributed by atoms with van der Waals surface area (Å²) in [6.07, 6.45) is 2.03. The lowest BCUT2D eigenvalue weighted by atomic mass is 9.95. The van der Waals surface area contributed by atoms with Gasteiger partial charge in [-0.05, 0) is 44.4 Å². The van der Waals surface area contributed by atoms with E-state index in [9.17, 15) is 4.39 Å². The van der Waals surface area contributed by atoms with Crippen LogP contribution in [-0.2, 0) is 13.0 Å². The summed E-state index contributed by atoms with van der Waals surface area (Å²) in [4.78, 5) is 0. The third-order valence-corrected chi connectivity index (χ3v) is 4.15. The highest BCUT2D eigenvalue weighted by atomic mass is 79.9. The molecule has 0 unspecified atom stereocenters. The standard InChI is InChI=1S/C18H21BrFN/c1-18(2,11-10-14-6-4-3-5-7-14)21-13-15-8-9-16(19)12-17(15)20/h3-9,12,21H,10-11,13H2,1-2H3. The van der Waals surface area contributed by atoms with E-state index in [0.717, 1.165) is 17.3 Å². The van der Waals surface area contributed by atoms with Gasteiger partial charge in [0, 0.05) is 22.1 Å². The summed E-state index contributed by atoms with van der Waals surface area (Å²) in [5.41, 5.74) is 2.00.